The van der Waals surface area contributed by atoms with E-state index in [1.54, 1.807) is 60.7 Å². The van der Waals surface area contributed by atoms with Crippen LogP contribution in [0.1, 0.15) is 0 Å². The highest BCUT2D eigenvalue weighted by molar-refractivity contribution is 7.92. The van der Waals surface area contributed by atoms with Gasteiger partial charge in [0, 0.05) is 0 Å². The summed E-state index contributed by atoms with van der Waals surface area (Å²) in [7, 11) is -7.73. The molecule has 0 N–H and O–H groups in total. The number of rotatable bonds is 6. The molecule has 0 heterocycles. The van der Waals surface area contributed by atoms with Gasteiger partial charge in [-0.3, -0.25) is 0 Å². The highest BCUT2D eigenvalue weighted by Crippen LogP contribution is 2.36. The van der Waals surface area contributed by atoms with Crippen LogP contribution in [-0.2, 0) is 19.7 Å². The summed E-state index contributed by atoms with van der Waals surface area (Å²) in [5.41, 5.74) is 0. The van der Waals surface area contributed by atoms with E-state index in [4.69, 9.17) is 4.74 Å². The molecule has 0 aliphatic carbocycles. The van der Waals surface area contributed by atoms with Gasteiger partial charge in [0.15, 0.2) is 0 Å². The Labute approximate surface area is 181 Å². The lowest BCUT2D eigenvalue weighted by atomic mass is 10.3. The second-order valence-corrected chi connectivity index (χ2v) is 10.5. The fourth-order valence-corrected chi connectivity index (χ4v) is 5.89. The van der Waals surface area contributed by atoms with E-state index < -0.39 is 19.7 Å². The van der Waals surface area contributed by atoms with E-state index in [1.807, 2.05) is 0 Å². The van der Waals surface area contributed by atoms with Crippen molar-refractivity contribution in [3.05, 3.63) is 109 Å². The summed E-state index contributed by atoms with van der Waals surface area (Å²) >= 11 is 0. The number of hydrogen-bond donors (Lipinski definition) is 0. The van der Waals surface area contributed by atoms with E-state index in [2.05, 4.69) is 0 Å². The Bertz CT molecular complexity index is 1300. The molecule has 0 radical (unpaired) electrons. The summed E-state index contributed by atoms with van der Waals surface area (Å²) in [6.45, 7) is 0. The van der Waals surface area contributed by atoms with Gasteiger partial charge in [0.05, 0.1) is 9.79 Å². The van der Waals surface area contributed by atoms with Gasteiger partial charge in [-0.15, -0.1) is 0 Å². The molecule has 0 aliphatic rings. The van der Waals surface area contributed by atoms with E-state index in [0.717, 1.165) is 0 Å². The second-order valence-electron chi connectivity index (χ2n) is 6.63. The van der Waals surface area contributed by atoms with Gasteiger partial charge in [0.25, 0.3) is 0 Å². The molecule has 31 heavy (non-hydrogen) atoms. The molecule has 4 rings (SSSR count). The molecule has 5 nitrogen and oxygen atoms in total. The van der Waals surface area contributed by atoms with Gasteiger partial charge in [-0.1, -0.05) is 60.7 Å². The molecule has 0 unspecified atom stereocenters. The summed E-state index contributed by atoms with van der Waals surface area (Å²) in [6, 6.07) is 28.3. The molecule has 0 atom stereocenters. The van der Waals surface area contributed by atoms with E-state index in [0.29, 0.717) is 0 Å². The maximum Gasteiger partial charge on any atom is 0.210 e. The first-order valence-corrected chi connectivity index (χ1v) is 12.3. The van der Waals surface area contributed by atoms with Crippen LogP contribution in [0.25, 0.3) is 0 Å². The largest absolute Gasteiger partial charge is 0.455 e. The lowest BCUT2D eigenvalue weighted by Crippen LogP contribution is -2.06. The molecule has 0 saturated heterocycles. The Morgan fingerprint density at radius 1 is 0.419 bits per heavy atom. The van der Waals surface area contributed by atoms with Gasteiger partial charge in [0.1, 0.15) is 21.3 Å². The Balaban J connectivity index is 1.80. The van der Waals surface area contributed by atoms with Crippen molar-refractivity contribution in [1.29, 1.82) is 0 Å². The lowest BCUT2D eigenvalue weighted by Gasteiger charge is -2.15. The second kappa shape index (κ2) is 8.37. The number of sulfone groups is 2. The van der Waals surface area contributed by atoms with Crippen LogP contribution >= 0.6 is 0 Å². The molecule has 0 amide bonds. The molecule has 156 valence electrons. The van der Waals surface area contributed by atoms with E-state index in [9.17, 15) is 16.8 Å². The zero-order valence-electron chi connectivity index (χ0n) is 16.3. The third kappa shape index (κ3) is 4.10. The van der Waals surface area contributed by atoms with Crippen LogP contribution in [0.4, 0.5) is 0 Å². The number of ether oxygens (including phenoxy) is 1. The van der Waals surface area contributed by atoms with Crippen LogP contribution in [0.3, 0.4) is 0 Å². The van der Waals surface area contributed by atoms with Crippen molar-refractivity contribution in [3.63, 3.8) is 0 Å². The van der Waals surface area contributed by atoms with Gasteiger partial charge >= 0.3 is 0 Å². The molecule has 0 saturated carbocycles. The molecular formula is C24H18O5S2. The van der Waals surface area contributed by atoms with E-state index in [-0.39, 0.29) is 31.1 Å². The van der Waals surface area contributed by atoms with Crippen LogP contribution in [0.2, 0.25) is 0 Å². The first-order valence-electron chi connectivity index (χ1n) is 9.37. The van der Waals surface area contributed by atoms with Crippen LogP contribution in [0, 0.1) is 0 Å². The van der Waals surface area contributed by atoms with Crippen LogP contribution in [0.15, 0.2) is 129 Å². The van der Waals surface area contributed by atoms with Gasteiger partial charge in [0.2, 0.25) is 19.7 Å². The lowest BCUT2D eigenvalue weighted by molar-refractivity contribution is 0.454. The quantitative estimate of drug-likeness (QED) is 0.406. The highest BCUT2D eigenvalue weighted by atomic mass is 32.2. The van der Waals surface area contributed by atoms with Gasteiger partial charge in [-0.05, 0) is 48.5 Å². The normalized spacial score (nSPS) is 11.7. The minimum atomic E-state index is -3.86. The summed E-state index contributed by atoms with van der Waals surface area (Å²) in [4.78, 5) is 0.147. The molecule has 0 aliphatic heterocycles. The van der Waals surface area contributed by atoms with Crippen molar-refractivity contribution in [3.8, 4) is 11.5 Å². The molecular weight excluding hydrogens is 432 g/mol. The van der Waals surface area contributed by atoms with Gasteiger partial charge in [-0.25, -0.2) is 16.8 Å². The molecule has 0 spiro atoms. The molecule has 4 aromatic carbocycles. The summed E-state index contributed by atoms with van der Waals surface area (Å²) in [5.74, 6) is 0.0872. The molecule has 7 heteroatoms. The highest BCUT2D eigenvalue weighted by Gasteiger charge is 2.25. The first kappa shape index (κ1) is 20.8. The van der Waals surface area contributed by atoms with Crippen molar-refractivity contribution in [2.45, 2.75) is 19.6 Å². The average Bonchev–Trinajstić information content (AvgIpc) is 2.81. The minimum Gasteiger partial charge on any atom is -0.455 e. The zero-order valence-corrected chi connectivity index (χ0v) is 17.9. The topological polar surface area (TPSA) is 77.5 Å². The Morgan fingerprint density at radius 2 is 0.742 bits per heavy atom. The molecule has 0 aromatic heterocycles. The maximum atomic E-state index is 13.1. The maximum absolute atomic E-state index is 13.1. The fraction of sp³-hybridized carbons (Fsp3) is 0. The third-order valence-corrected chi connectivity index (χ3v) is 8.22. The summed E-state index contributed by atoms with van der Waals surface area (Å²) < 4.78 is 58.5. The Kier molecular flexibility index (Phi) is 5.63. The Hall–Kier alpha value is -3.42. The SMILES string of the molecule is O=S(=O)(c1ccccc1)c1ccccc1Oc1ccccc1S(=O)(=O)c1ccccc1. The van der Waals surface area contributed by atoms with Crippen LogP contribution in [-0.4, -0.2) is 16.8 Å². The summed E-state index contributed by atoms with van der Waals surface area (Å²) in [6.07, 6.45) is 0. The van der Waals surface area contributed by atoms with Gasteiger partial charge < -0.3 is 4.74 Å². The molecule has 0 bridgehead atoms. The predicted octanol–water partition coefficient (Wildman–Crippen LogP) is 5.14. The van der Waals surface area contributed by atoms with Crippen molar-refractivity contribution in [1.82, 2.24) is 0 Å². The van der Waals surface area contributed by atoms with E-state index >= 15 is 0 Å². The molecule has 4 aromatic rings. The van der Waals surface area contributed by atoms with Crippen molar-refractivity contribution in [2.75, 3.05) is 0 Å². The first-order chi connectivity index (χ1) is 14.9. The molecule has 0 fully saturated rings. The number of benzene rings is 4. The predicted molar refractivity (Wildman–Crippen MR) is 117 cm³/mol. The van der Waals surface area contributed by atoms with Crippen molar-refractivity contribution in [2.24, 2.45) is 0 Å². The zero-order chi connectivity index (χ0) is 21.9. The monoisotopic (exact) mass is 450 g/mol. The smallest absolute Gasteiger partial charge is 0.210 e. The van der Waals surface area contributed by atoms with Crippen molar-refractivity contribution >= 4 is 19.7 Å². The minimum absolute atomic E-state index is 0.0436. The fourth-order valence-electron chi connectivity index (χ4n) is 3.08. The number of para-hydroxylation sites is 2. The van der Waals surface area contributed by atoms with Crippen molar-refractivity contribution < 1.29 is 21.6 Å². The third-order valence-electron chi connectivity index (χ3n) is 4.60. The van der Waals surface area contributed by atoms with Gasteiger partial charge in [-0.2, -0.15) is 0 Å². The standard InChI is InChI=1S/C24H18O5S2/c25-30(26,19-11-3-1-4-12-19)23-17-9-7-15-21(23)29-22-16-8-10-18-24(22)31(27,28)20-13-5-2-6-14-20/h1-18H. The average molecular weight is 451 g/mol. The van der Waals surface area contributed by atoms with Crippen LogP contribution < -0.4 is 4.74 Å². The summed E-state index contributed by atoms with van der Waals surface area (Å²) in [5, 5.41) is 0. The number of hydrogen-bond acceptors (Lipinski definition) is 5. The van der Waals surface area contributed by atoms with Crippen LogP contribution in [0.5, 0.6) is 11.5 Å². The van der Waals surface area contributed by atoms with E-state index in [1.165, 1.54) is 48.5 Å². The Morgan fingerprint density at radius 3 is 1.13 bits per heavy atom.